The number of rotatable bonds is 12. The highest BCUT2D eigenvalue weighted by molar-refractivity contribution is 7.16. The summed E-state index contributed by atoms with van der Waals surface area (Å²) in [5, 5.41) is 14.0. The van der Waals surface area contributed by atoms with Gasteiger partial charge in [0.25, 0.3) is 5.91 Å². The molecule has 2 heterocycles. The van der Waals surface area contributed by atoms with Crippen LogP contribution in [0.1, 0.15) is 53.9 Å². The summed E-state index contributed by atoms with van der Waals surface area (Å²) in [7, 11) is 6.14. The van der Waals surface area contributed by atoms with Crippen LogP contribution in [0.15, 0.2) is 30.3 Å². The number of carboxylic acid groups (broad SMARTS) is 1. The number of hydrogen-bond donors (Lipinski definition) is 2. The molecule has 234 valence electrons. The van der Waals surface area contributed by atoms with E-state index in [0.717, 1.165) is 17.7 Å². The van der Waals surface area contributed by atoms with Crippen LogP contribution in [0.2, 0.25) is 5.02 Å². The number of carbonyl (C=O) groups is 2. The lowest BCUT2D eigenvalue weighted by Crippen LogP contribution is -2.19. The summed E-state index contributed by atoms with van der Waals surface area (Å²) in [5.41, 5.74) is 2.08. The number of nitrogens with one attached hydrogen (secondary N) is 1. The smallest absolute Gasteiger partial charge is 0.323 e. The Hall–Kier alpha value is -3.96. The van der Waals surface area contributed by atoms with Crippen molar-refractivity contribution in [1.82, 2.24) is 9.55 Å². The second kappa shape index (κ2) is 13.8. The number of hydrogen-bond acceptors (Lipinski definition) is 8. The Balaban J connectivity index is 1.54. The van der Waals surface area contributed by atoms with Crippen LogP contribution in [0.3, 0.4) is 0 Å². The van der Waals surface area contributed by atoms with Crippen molar-refractivity contribution in [2.24, 2.45) is 5.92 Å². The van der Waals surface area contributed by atoms with Crippen LogP contribution < -0.4 is 24.3 Å². The van der Waals surface area contributed by atoms with Gasteiger partial charge in [-0.25, -0.2) is 4.98 Å². The van der Waals surface area contributed by atoms with Gasteiger partial charge in [-0.1, -0.05) is 43.7 Å². The second-order valence-corrected chi connectivity index (χ2v) is 12.2. The van der Waals surface area contributed by atoms with Crippen LogP contribution in [-0.4, -0.2) is 55.0 Å². The van der Waals surface area contributed by atoms with Gasteiger partial charge in [-0.3, -0.25) is 14.9 Å². The molecule has 2 aromatic carbocycles. The number of fused-ring (bicyclic) bond motifs is 1. The average Bonchev–Trinajstić information content (AvgIpc) is 3.60. The third-order valence-corrected chi connectivity index (χ3v) is 9.43. The molecule has 0 aliphatic heterocycles. The minimum atomic E-state index is -1.09. The Kier molecular flexibility index (Phi) is 9.85. The first-order valence-corrected chi connectivity index (χ1v) is 15.7. The van der Waals surface area contributed by atoms with Crippen molar-refractivity contribution in [3.8, 4) is 34.3 Å². The van der Waals surface area contributed by atoms with Crippen LogP contribution in [0, 0.1) is 5.92 Å². The highest BCUT2D eigenvalue weighted by atomic mass is 35.5. The largest absolute Gasteiger partial charge is 0.496 e. The monoisotopic (exact) mass is 641 g/mol. The maximum atomic E-state index is 13.8. The lowest BCUT2D eigenvalue weighted by Gasteiger charge is -2.21. The molecule has 1 aliphatic carbocycles. The van der Waals surface area contributed by atoms with E-state index in [1.54, 1.807) is 44.6 Å². The van der Waals surface area contributed by atoms with Crippen LogP contribution >= 0.6 is 22.9 Å². The fourth-order valence-corrected chi connectivity index (χ4v) is 7.17. The van der Waals surface area contributed by atoms with E-state index in [0.29, 0.717) is 61.2 Å². The SMILES string of the molecule is COc1cc(-c2nc(NC(=O)c3cc4c(OC)c(OC)ccc4n3CC(=O)O)sc2CCC2CCCCC2)c(OC)cc1Cl. The molecule has 1 amide bonds. The van der Waals surface area contributed by atoms with Gasteiger partial charge in [-0.15, -0.1) is 11.3 Å². The number of anilines is 1. The topological polar surface area (TPSA) is 121 Å². The van der Waals surface area contributed by atoms with E-state index in [2.05, 4.69) is 5.32 Å². The second-order valence-electron chi connectivity index (χ2n) is 10.7. The fourth-order valence-electron chi connectivity index (χ4n) is 5.96. The quantitative estimate of drug-likeness (QED) is 0.165. The molecule has 0 atom stereocenters. The number of aromatic nitrogens is 2. The molecular formula is C32H36ClN3O7S. The Labute approximate surface area is 264 Å². The maximum absolute atomic E-state index is 13.8. The summed E-state index contributed by atoms with van der Waals surface area (Å²) in [6.45, 7) is -0.417. The van der Waals surface area contributed by atoms with Crippen LogP contribution in [-0.2, 0) is 17.8 Å². The number of aliphatic carboxylic acids is 1. The molecule has 12 heteroatoms. The van der Waals surface area contributed by atoms with Gasteiger partial charge in [0.2, 0.25) is 0 Å². The first-order chi connectivity index (χ1) is 21.3. The number of methoxy groups -OCH3 is 4. The molecule has 2 aromatic heterocycles. The van der Waals surface area contributed by atoms with E-state index in [4.69, 9.17) is 35.5 Å². The van der Waals surface area contributed by atoms with E-state index < -0.39 is 18.4 Å². The molecule has 44 heavy (non-hydrogen) atoms. The van der Waals surface area contributed by atoms with Crippen molar-refractivity contribution in [2.75, 3.05) is 33.8 Å². The molecule has 2 N–H and O–H groups in total. The minimum Gasteiger partial charge on any atom is -0.496 e. The third kappa shape index (κ3) is 6.44. The number of aryl methyl sites for hydroxylation is 1. The summed E-state index contributed by atoms with van der Waals surface area (Å²) >= 11 is 7.80. The Morgan fingerprint density at radius 1 is 1.00 bits per heavy atom. The van der Waals surface area contributed by atoms with Gasteiger partial charge in [-0.2, -0.15) is 0 Å². The molecule has 0 spiro atoms. The predicted octanol–water partition coefficient (Wildman–Crippen LogP) is 7.30. The molecule has 1 fully saturated rings. The van der Waals surface area contributed by atoms with E-state index in [1.807, 2.05) is 0 Å². The average molecular weight is 642 g/mol. The number of ether oxygens (including phenoxy) is 4. The van der Waals surface area contributed by atoms with Gasteiger partial charge in [0, 0.05) is 21.9 Å². The van der Waals surface area contributed by atoms with Gasteiger partial charge in [0.1, 0.15) is 23.7 Å². The van der Waals surface area contributed by atoms with Gasteiger partial charge in [0.05, 0.1) is 44.7 Å². The normalized spacial score (nSPS) is 13.6. The highest BCUT2D eigenvalue weighted by Gasteiger charge is 2.25. The highest BCUT2D eigenvalue weighted by Crippen LogP contribution is 2.43. The minimum absolute atomic E-state index is 0.153. The van der Waals surface area contributed by atoms with E-state index in [-0.39, 0.29) is 5.69 Å². The summed E-state index contributed by atoms with van der Waals surface area (Å²) in [6.07, 6.45) is 8.05. The molecule has 5 rings (SSSR count). The van der Waals surface area contributed by atoms with Crippen LogP contribution in [0.25, 0.3) is 22.2 Å². The van der Waals surface area contributed by atoms with E-state index >= 15 is 0 Å². The summed E-state index contributed by atoms with van der Waals surface area (Å²) in [4.78, 5) is 31.5. The van der Waals surface area contributed by atoms with Crippen molar-refractivity contribution in [3.63, 3.8) is 0 Å². The number of nitrogens with zero attached hydrogens (tertiary/aromatic N) is 2. The Morgan fingerprint density at radius 2 is 1.73 bits per heavy atom. The van der Waals surface area contributed by atoms with E-state index in [1.165, 1.54) is 62.2 Å². The van der Waals surface area contributed by atoms with Crippen LogP contribution in [0.5, 0.6) is 23.0 Å². The standard InChI is InChI=1S/C32H36ClN3O7S/c1-40-24-12-11-22-19(30(24)43-4)14-23(36(22)17-28(37)38)31(39)35-32-34-29(20-15-26(42-3)21(33)16-25(20)41-2)27(44-32)13-10-18-8-6-5-7-9-18/h11-12,14-16,18H,5-10,13,17H2,1-4H3,(H,37,38)(H,34,35,39). The third-order valence-electron chi connectivity index (χ3n) is 8.10. The van der Waals surface area contributed by atoms with Gasteiger partial charge in [0.15, 0.2) is 16.6 Å². The van der Waals surface area contributed by atoms with Gasteiger partial charge in [-0.05, 0) is 43.0 Å². The van der Waals surface area contributed by atoms with Crippen molar-refractivity contribution >= 4 is 50.8 Å². The lowest BCUT2D eigenvalue weighted by atomic mass is 9.86. The van der Waals surface area contributed by atoms with Crippen molar-refractivity contribution < 1.29 is 33.6 Å². The summed E-state index contributed by atoms with van der Waals surface area (Å²) in [6, 6.07) is 8.50. The number of carboxylic acids is 1. The molecule has 1 aliphatic rings. The molecular weight excluding hydrogens is 606 g/mol. The zero-order valence-corrected chi connectivity index (χ0v) is 26.8. The fraction of sp³-hybridized carbons (Fsp3) is 0.406. The first-order valence-electron chi connectivity index (χ1n) is 14.5. The molecule has 0 bridgehead atoms. The number of carbonyl (C=O) groups excluding carboxylic acids is 1. The molecule has 0 unspecified atom stereocenters. The number of halogens is 1. The van der Waals surface area contributed by atoms with Crippen molar-refractivity contribution in [2.45, 2.75) is 51.5 Å². The van der Waals surface area contributed by atoms with E-state index in [9.17, 15) is 14.7 Å². The molecule has 10 nitrogen and oxygen atoms in total. The number of thiazole rings is 1. The molecule has 0 saturated heterocycles. The zero-order valence-electron chi connectivity index (χ0n) is 25.2. The Bertz CT molecular complexity index is 1680. The van der Waals surface area contributed by atoms with Crippen LogP contribution in [0.4, 0.5) is 5.13 Å². The molecule has 1 saturated carbocycles. The van der Waals surface area contributed by atoms with Gasteiger partial charge >= 0.3 is 5.97 Å². The summed E-state index contributed by atoms with van der Waals surface area (Å²) in [5.74, 6) is 0.979. The first kappa shape index (κ1) is 31.5. The van der Waals surface area contributed by atoms with Gasteiger partial charge < -0.3 is 28.6 Å². The molecule has 4 aromatic rings. The lowest BCUT2D eigenvalue weighted by molar-refractivity contribution is -0.137. The van der Waals surface area contributed by atoms with Crippen molar-refractivity contribution in [3.05, 3.63) is 45.9 Å². The van der Waals surface area contributed by atoms with Crippen molar-refractivity contribution in [1.29, 1.82) is 0 Å². The Morgan fingerprint density at radius 3 is 2.39 bits per heavy atom. The molecule has 0 radical (unpaired) electrons. The zero-order chi connectivity index (χ0) is 31.4. The predicted molar refractivity (Wildman–Crippen MR) is 171 cm³/mol. The maximum Gasteiger partial charge on any atom is 0.323 e. The number of amides is 1. The summed E-state index contributed by atoms with van der Waals surface area (Å²) < 4.78 is 23.6. The number of benzene rings is 2.